The number of aromatic nitrogens is 1. The van der Waals surface area contributed by atoms with Crippen molar-refractivity contribution < 1.29 is 24.2 Å². The van der Waals surface area contributed by atoms with Crippen molar-refractivity contribution in [1.82, 2.24) is 14.8 Å². The van der Waals surface area contributed by atoms with Crippen molar-refractivity contribution >= 4 is 28.9 Å². The van der Waals surface area contributed by atoms with Gasteiger partial charge in [-0.2, -0.15) is 0 Å². The number of piperazine rings is 1. The van der Waals surface area contributed by atoms with E-state index in [4.69, 9.17) is 9.47 Å². The summed E-state index contributed by atoms with van der Waals surface area (Å²) < 4.78 is 12.0. The molecule has 1 saturated heterocycles. The lowest BCUT2D eigenvalue weighted by atomic mass is 10.0. The summed E-state index contributed by atoms with van der Waals surface area (Å²) >= 11 is 0. The molecule has 2 aliphatic heterocycles. The number of carbonyl (C=O) groups excluding carboxylic acids is 1. The van der Waals surface area contributed by atoms with Crippen LogP contribution in [0.5, 0.6) is 11.5 Å². The van der Waals surface area contributed by atoms with Crippen LogP contribution in [-0.2, 0) is 6.54 Å². The van der Waals surface area contributed by atoms with Crippen LogP contribution in [0.2, 0.25) is 0 Å². The van der Waals surface area contributed by atoms with Gasteiger partial charge in [-0.05, 0) is 31.2 Å². The minimum atomic E-state index is -0.897. The molecular weight excluding hydrogens is 422 g/mol. The SMILES string of the molecule is CCOc1ccc2c(c1CN1CCN(C(=O)O)CC1)O/C(=C\c1c[nH]c3ccccc13)C2=O. The molecule has 1 fully saturated rings. The highest BCUT2D eigenvalue weighted by Crippen LogP contribution is 2.41. The number of H-pyrrole nitrogens is 1. The number of Topliss-reactive ketones (excluding diaryl/α,β-unsaturated/α-hetero) is 1. The summed E-state index contributed by atoms with van der Waals surface area (Å²) in [7, 11) is 0. The van der Waals surface area contributed by atoms with Gasteiger partial charge < -0.3 is 24.5 Å². The highest BCUT2D eigenvalue weighted by atomic mass is 16.5. The van der Waals surface area contributed by atoms with Crippen molar-refractivity contribution in [2.24, 2.45) is 0 Å². The lowest BCUT2D eigenvalue weighted by Crippen LogP contribution is -2.47. The van der Waals surface area contributed by atoms with E-state index < -0.39 is 6.09 Å². The molecule has 2 aliphatic rings. The van der Waals surface area contributed by atoms with E-state index in [-0.39, 0.29) is 11.5 Å². The normalized spacial score (nSPS) is 17.4. The molecule has 3 aromatic rings. The van der Waals surface area contributed by atoms with E-state index in [1.807, 2.05) is 43.5 Å². The molecular formula is C25H25N3O5. The topological polar surface area (TPSA) is 95.1 Å². The van der Waals surface area contributed by atoms with E-state index in [2.05, 4.69) is 9.88 Å². The van der Waals surface area contributed by atoms with E-state index in [0.29, 0.717) is 56.4 Å². The van der Waals surface area contributed by atoms with E-state index in [0.717, 1.165) is 22.0 Å². The largest absolute Gasteiger partial charge is 0.493 e. The van der Waals surface area contributed by atoms with Crippen molar-refractivity contribution in [2.45, 2.75) is 13.5 Å². The average Bonchev–Trinajstić information content (AvgIpc) is 3.37. The molecule has 5 rings (SSSR count). The number of nitrogens with zero attached hydrogens (tertiary/aromatic N) is 2. The molecule has 8 heteroatoms. The van der Waals surface area contributed by atoms with Crippen molar-refractivity contribution in [3.05, 3.63) is 65.0 Å². The maximum atomic E-state index is 13.2. The fourth-order valence-corrected chi connectivity index (χ4v) is 4.41. The number of allylic oxidation sites excluding steroid dienone is 1. The number of ether oxygens (including phenoxy) is 2. The van der Waals surface area contributed by atoms with Gasteiger partial charge in [0.1, 0.15) is 11.5 Å². The van der Waals surface area contributed by atoms with E-state index in [1.54, 1.807) is 12.1 Å². The second-order valence-electron chi connectivity index (χ2n) is 8.13. The first-order valence-corrected chi connectivity index (χ1v) is 11.0. The number of para-hydroxylation sites is 1. The first-order valence-electron chi connectivity index (χ1n) is 11.0. The number of nitrogens with one attached hydrogen (secondary N) is 1. The number of benzene rings is 2. The number of fused-ring (bicyclic) bond motifs is 2. The number of rotatable bonds is 5. The molecule has 2 aromatic carbocycles. The Morgan fingerprint density at radius 1 is 1.18 bits per heavy atom. The van der Waals surface area contributed by atoms with Gasteiger partial charge in [0, 0.05) is 55.4 Å². The second-order valence-corrected chi connectivity index (χ2v) is 8.13. The summed E-state index contributed by atoms with van der Waals surface area (Å²) in [6.45, 7) is 5.02. The number of ketones is 1. The van der Waals surface area contributed by atoms with Gasteiger partial charge in [0.2, 0.25) is 5.78 Å². The molecule has 0 spiro atoms. The Morgan fingerprint density at radius 3 is 2.73 bits per heavy atom. The average molecular weight is 447 g/mol. The summed E-state index contributed by atoms with van der Waals surface area (Å²) in [6, 6.07) is 11.5. The third kappa shape index (κ3) is 3.93. The first-order chi connectivity index (χ1) is 16.0. The monoisotopic (exact) mass is 447 g/mol. The molecule has 0 bridgehead atoms. The predicted molar refractivity (Wildman–Crippen MR) is 124 cm³/mol. The highest BCUT2D eigenvalue weighted by molar-refractivity contribution is 6.15. The smallest absolute Gasteiger partial charge is 0.407 e. The third-order valence-corrected chi connectivity index (χ3v) is 6.13. The summed E-state index contributed by atoms with van der Waals surface area (Å²) in [5.41, 5.74) is 3.21. The molecule has 8 nitrogen and oxygen atoms in total. The molecule has 1 amide bonds. The highest BCUT2D eigenvalue weighted by Gasteiger charge is 2.33. The molecule has 170 valence electrons. The van der Waals surface area contributed by atoms with Crippen molar-refractivity contribution in [3.63, 3.8) is 0 Å². The van der Waals surface area contributed by atoms with Crippen LogP contribution < -0.4 is 9.47 Å². The van der Waals surface area contributed by atoms with Gasteiger partial charge in [0.25, 0.3) is 0 Å². The summed E-state index contributed by atoms with van der Waals surface area (Å²) in [6.07, 6.45) is 2.74. The van der Waals surface area contributed by atoms with E-state index in [1.165, 1.54) is 4.90 Å². The fraction of sp³-hybridized carbons (Fsp3) is 0.280. The zero-order valence-electron chi connectivity index (χ0n) is 18.3. The van der Waals surface area contributed by atoms with Gasteiger partial charge in [0.05, 0.1) is 17.7 Å². The van der Waals surface area contributed by atoms with Crippen molar-refractivity contribution in [3.8, 4) is 11.5 Å². The standard InChI is InChI=1S/C25H25N3O5/c1-2-32-21-8-7-18-23(29)22(13-16-14-26-20-6-4-3-5-17(16)20)33-24(18)19(21)15-27-9-11-28(12-10-27)25(30)31/h3-8,13-14,26H,2,9-12,15H2,1H3,(H,30,31)/b22-13-. The lowest BCUT2D eigenvalue weighted by Gasteiger charge is -2.33. The Morgan fingerprint density at radius 2 is 1.97 bits per heavy atom. The molecule has 33 heavy (non-hydrogen) atoms. The molecule has 2 N–H and O–H groups in total. The number of carbonyl (C=O) groups is 2. The number of amides is 1. The number of hydrogen-bond acceptors (Lipinski definition) is 5. The van der Waals surface area contributed by atoms with Crippen LogP contribution in [0.15, 0.2) is 48.4 Å². The Balaban J connectivity index is 1.45. The van der Waals surface area contributed by atoms with Crippen molar-refractivity contribution in [2.75, 3.05) is 32.8 Å². The van der Waals surface area contributed by atoms with Gasteiger partial charge >= 0.3 is 6.09 Å². The van der Waals surface area contributed by atoms with Gasteiger partial charge in [-0.25, -0.2) is 4.79 Å². The molecule has 0 unspecified atom stereocenters. The second kappa shape index (κ2) is 8.63. The maximum absolute atomic E-state index is 13.2. The minimum Gasteiger partial charge on any atom is -0.493 e. The Labute approximate surface area is 191 Å². The molecule has 1 aromatic heterocycles. The van der Waals surface area contributed by atoms with Gasteiger partial charge in [-0.3, -0.25) is 9.69 Å². The van der Waals surface area contributed by atoms with Crippen LogP contribution in [0.4, 0.5) is 4.79 Å². The summed E-state index contributed by atoms with van der Waals surface area (Å²) in [5.74, 6) is 1.33. The van der Waals surface area contributed by atoms with Crippen LogP contribution in [0.25, 0.3) is 17.0 Å². The maximum Gasteiger partial charge on any atom is 0.407 e. The third-order valence-electron chi connectivity index (χ3n) is 6.13. The predicted octanol–water partition coefficient (Wildman–Crippen LogP) is 3.98. The first kappa shape index (κ1) is 21.1. The van der Waals surface area contributed by atoms with Gasteiger partial charge in [-0.15, -0.1) is 0 Å². The van der Waals surface area contributed by atoms with Gasteiger partial charge in [-0.1, -0.05) is 18.2 Å². The van der Waals surface area contributed by atoms with Crippen LogP contribution in [-0.4, -0.2) is 64.6 Å². The van der Waals surface area contributed by atoms with Crippen LogP contribution in [0.1, 0.15) is 28.4 Å². The van der Waals surface area contributed by atoms with Crippen LogP contribution >= 0.6 is 0 Å². The molecule has 0 atom stereocenters. The van der Waals surface area contributed by atoms with Crippen molar-refractivity contribution in [1.29, 1.82) is 0 Å². The van der Waals surface area contributed by atoms with Gasteiger partial charge in [0.15, 0.2) is 5.76 Å². The Kier molecular flexibility index (Phi) is 5.51. The molecule has 0 aliphatic carbocycles. The quantitative estimate of drug-likeness (QED) is 0.575. The molecule has 0 saturated carbocycles. The Bertz CT molecular complexity index is 1250. The minimum absolute atomic E-state index is 0.157. The lowest BCUT2D eigenvalue weighted by molar-refractivity contribution is 0.101. The number of carboxylic acid groups (broad SMARTS) is 1. The summed E-state index contributed by atoms with van der Waals surface area (Å²) in [4.78, 5) is 31.2. The molecule has 0 radical (unpaired) electrons. The van der Waals surface area contributed by atoms with Crippen LogP contribution in [0.3, 0.4) is 0 Å². The summed E-state index contributed by atoms with van der Waals surface area (Å²) in [5, 5.41) is 10.2. The zero-order valence-corrected chi connectivity index (χ0v) is 18.3. The molecule has 3 heterocycles. The van der Waals surface area contributed by atoms with E-state index >= 15 is 0 Å². The van der Waals surface area contributed by atoms with E-state index in [9.17, 15) is 14.7 Å². The number of aromatic amines is 1. The van der Waals surface area contributed by atoms with Crippen LogP contribution in [0, 0.1) is 0 Å². The Hall–Kier alpha value is -3.78. The fourth-order valence-electron chi connectivity index (χ4n) is 4.41. The zero-order chi connectivity index (χ0) is 22.9. The number of hydrogen-bond donors (Lipinski definition) is 2.